The second kappa shape index (κ2) is 9.15. The third kappa shape index (κ3) is 4.45. The standard InChI is InChI=1S/C24H19N3O2S/c1-29-23(28)19-13-11-17(12-14-19)21-10-6-5-9-20(21)15-25-27-24-26-22(16-30-24)18-7-3-2-4-8-18/h2-16H,1H3,(H,26,27). The number of carbonyl (C=O) groups excluding carboxylic acids is 1. The van der Waals surface area contributed by atoms with E-state index in [1.165, 1.54) is 18.4 Å². The molecule has 5 nitrogen and oxygen atoms in total. The molecular formula is C24H19N3O2S. The van der Waals surface area contributed by atoms with Crippen LogP contribution in [-0.2, 0) is 4.74 Å². The maximum atomic E-state index is 11.6. The van der Waals surface area contributed by atoms with Gasteiger partial charge in [0.2, 0.25) is 5.13 Å². The highest BCUT2D eigenvalue weighted by atomic mass is 32.1. The number of anilines is 1. The summed E-state index contributed by atoms with van der Waals surface area (Å²) in [5.74, 6) is -0.348. The predicted molar refractivity (Wildman–Crippen MR) is 122 cm³/mol. The van der Waals surface area contributed by atoms with Gasteiger partial charge in [0.25, 0.3) is 0 Å². The summed E-state index contributed by atoms with van der Waals surface area (Å²) < 4.78 is 4.76. The van der Waals surface area contributed by atoms with Crippen LogP contribution in [-0.4, -0.2) is 24.3 Å². The van der Waals surface area contributed by atoms with Gasteiger partial charge in [0.05, 0.1) is 24.6 Å². The van der Waals surface area contributed by atoms with Gasteiger partial charge in [-0.3, -0.25) is 5.43 Å². The molecule has 0 saturated heterocycles. The Morgan fingerprint density at radius 2 is 1.70 bits per heavy atom. The van der Waals surface area contributed by atoms with Crippen molar-refractivity contribution in [2.75, 3.05) is 12.5 Å². The van der Waals surface area contributed by atoms with Crippen LogP contribution >= 0.6 is 11.3 Å². The molecule has 3 aromatic carbocycles. The molecule has 1 aromatic heterocycles. The lowest BCUT2D eigenvalue weighted by Gasteiger charge is -2.07. The number of hydrogen-bond donors (Lipinski definition) is 1. The summed E-state index contributed by atoms with van der Waals surface area (Å²) in [5.41, 5.74) is 8.49. The van der Waals surface area contributed by atoms with Gasteiger partial charge in [-0.2, -0.15) is 5.10 Å². The van der Waals surface area contributed by atoms with Gasteiger partial charge in [-0.1, -0.05) is 66.7 Å². The van der Waals surface area contributed by atoms with E-state index in [-0.39, 0.29) is 5.97 Å². The van der Waals surface area contributed by atoms with Gasteiger partial charge in [0, 0.05) is 16.5 Å². The van der Waals surface area contributed by atoms with Crippen molar-refractivity contribution in [1.29, 1.82) is 0 Å². The molecular weight excluding hydrogens is 394 g/mol. The Hall–Kier alpha value is -3.77. The van der Waals surface area contributed by atoms with Gasteiger partial charge >= 0.3 is 5.97 Å². The van der Waals surface area contributed by atoms with Crippen molar-refractivity contribution in [3.05, 3.63) is 95.4 Å². The van der Waals surface area contributed by atoms with Crippen LogP contribution in [0.1, 0.15) is 15.9 Å². The second-order valence-corrected chi connectivity index (χ2v) is 7.29. The molecule has 0 unspecified atom stereocenters. The largest absolute Gasteiger partial charge is 0.465 e. The molecule has 0 atom stereocenters. The van der Waals surface area contributed by atoms with E-state index in [0.29, 0.717) is 5.56 Å². The fourth-order valence-corrected chi connectivity index (χ4v) is 3.67. The first-order valence-electron chi connectivity index (χ1n) is 9.32. The summed E-state index contributed by atoms with van der Waals surface area (Å²) in [7, 11) is 1.38. The molecule has 0 aliphatic rings. The number of benzene rings is 3. The molecule has 1 heterocycles. The minimum absolute atomic E-state index is 0.348. The van der Waals surface area contributed by atoms with Gasteiger partial charge in [0.1, 0.15) is 0 Å². The highest BCUT2D eigenvalue weighted by Gasteiger charge is 2.07. The minimum atomic E-state index is -0.348. The van der Waals surface area contributed by atoms with E-state index in [2.05, 4.69) is 15.5 Å². The van der Waals surface area contributed by atoms with Gasteiger partial charge in [-0.05, 0) is 23.3 Å². The number of nitrogens with zero attached hydrogens (tertiary/aromatic N) is 2. The van der Waals surface area contributed by atoms with Crippen LogP contribution in [0.5, 0.6) is 0 Å². The van der Waals surface area contributed by atoms with Gasteiger partial charge in [-0.25, -0.2) is 9.78 Å². The zero-order valence-corrected chi connectivity index (χ0v) is 17.1. The van der Waals surface area contributed by atoms with Crippen LogP contribution in [0.25, 0.3) is 22.4 Å². The lowest BCUT2D eigenvalue weighted by molar-refractivity contribution is 0.0601. The SMILES string of the molecule is COC(=O)c1ccc(-c2ccccc2C=NNc2nc(-c3ccccc3)cs2)cc1. The number of nitrogens with one attached hydrogen (secondary N) is 1. The zero-order chi connectivity index (χ0) is 20.8. The lowest BCUT2D eigenvalue weighted by Crippen LogP contribution is -2.00. The molecule has 0 bridgehead atoms. The molecule has 0 saturated carbocycles. The van der Waals surface area contributed by atoms with Crippen LogP contribution in [0.2, 0.25) is 0 Å². The minimum Gasteiger partial charge on any atom is -0.465 e. The van der Waals surface area contributed by atoms with E-state index < -0.39 is 0 Å². The van der Waals surface area contributed by atoms with Crippen molar-refractivity contribution in [3.8, 4) is 22.4 Å². The van der Waals surface area contributed by atoms with Crippen molar-refractivity contribution in [2.24, 2.45) is 5.10 Å². The Balaban J connectivity index is 1.50. The topological polar surface area (TPSA) is 63.6 Å². The number of rotatable bonds is 6. The first kappa shape index (κ1) is 19.5. The maximum absolute atomic E-state index is 11.6. The predicted octanol–water partition coefficient (Wildman–Crippen LogP) is 5.71. The van der Waals surface area contributed by atoms with E-state index in [1.807, 2.05) is 72.1 Å². The monoisotopic (exact) mass is 413 g/mol. The van der Waals surface area contributed by atoms with Crippen LogP contribution < -0.4 is 5.43 Å². The number of methoxy groups -OCH3 is 1. The Morgan fingerprint density at radius 1 is 0.967 bits per heavy atom. The van der Waals surface area contributed by atoms with Crippen LogP contribution in [0, 0.1) is 0 Å². The number of hydrogen-bond acceptors (Lipinski definition) is 6. The Morgan fingerprint density at radius 3 is 2.47 bits per heavy atom. The molecule has 1 N–H and O–H groups in total. The van der Waals surface area contributed by atoms with E-state index >= 15 is 0 Å². The lowest BCUT2D eigenvalue weighted by atomic mass is 9.99. The van der Waals surface area contributed by atoms with Gasteiger partial charge in [0.15, 0.2) is 0 Å². The first-order chi connectivity index (χ1) is 14.7. The summed E-state index contributed by atoms with van der Waals surface area (Å²) >= 11 is 1.51. The first-order valence-corrected chi connectivity index (χ1v) is 10.2. The summed E-state index contributed by atoms with van der Waals surface area (Å²) in [6.07, 6.45) is 1.77. The van der Waals surface area contributed by atoms with E-state index in [9.17, 15) is 4.79 Å². The normalized spacial score (nSPS) is 10.8. The number of aromatic nitrogens is 1. The van der Waals surface area contributed by atoms with E-state index in [0.717, 1.165) is 33.1 Å². The summed E-state index contributed by atoms with van der Waals surface area (Å²) in [6.45, 7) is 0. The zero-order valence-electron chi connectivity index (χ0n) is 16.3. The van der Waals surface area contributed by atoms with Crippen molar-refractivity contribution < 1.29 is 9.53 Å². The van der Waals surface area contributed by atoms with Crippen LogP contribution in [0.15, 0.2) is 89.3 Å². The third-order valence-corrected chi connectivity index (χ3v) is 5.26. The molecule has 148 valence electrons. The number of carbonyl (C=O) groups is 1. The average Bonchev–Trinajstić information content (AvgIpc) is 3.29. The summed E-state index contributed by atoms with van der Waals surface area (Å²) in [4.78, 5) is 16.2. The fourth-order valence-electron chi connectivity index (χ4n) is 3.00. The molecule has 0 spiro atoms. The Kier molecular flexibility index (Phi) is 5.96. The molecule has 4 aromatic rings. The molecule has 0 radical (unpaired) electrons. The van der Waals surface area contributed by atoms with Crippen molar-refractivity contribution in [1.82, 2.24) is 4.98 Å². The van der Waals surface area contributed by atoms with Crippen LogP contribution in [0.3, 0.4) is 0 Å². The summed E-state index contributed by atoms with van der Waals surface area (Å²) in [5, 5.41) is 7.09. The molecule has 30 heavy (non-hydrogen) atoms. The van der Waals surface area contributed by atoms with Crippen molar-refractivity contribution in [2.45, 2.75) is 0 Å². The number of esters is 1. The Bertz CT molecular complexity index is 1170. The summed E-state index contributed by atoms with van der Waals surface area (Å²) in [6, 6.07) is 25.3. The molecule has 0 amide bonds. The van der Waals surface area contributed by atoms with Gasteiger partial charge < -0.3 is 4.74 Å². The molecule has 6 heteroatoms. The molecule has 0 aliphatic carbocycles. The molecule has 4 rings (SSSR count). The Labute approximate surface area is 178 Å². The third-order valence-electron chi connectivity index (χ3n) is 4.52. The smallest absolute Gasteiger partial charge is 0.337 e. The van der Waals surface area contributed by atoms with E-state index in [1.54, 1.807) is 18.3 Å². The number of hydrazone groups is 1. The molecule has 0 aliphatic heterocycles. The average molecular weight is 414 g/mol. The maximum Gasteiger partial charge on any atom is 0.337 e. The van der Waals surface area contributed by atoms with E-state index in [4.69, 9.17) is 4.74 Å². The van der Waals surface area contributed by atoms with Crippen molar-refractivity contribution in [3.63, 3.8) is 0 Å². The van der Waals surface area contributed by atoms with Crippen LogP contribution in [0.4, 0.5) is 5.13 Å². The highest BCUT2D eigenvalue weighted by Crippen LogP contribution is 2.25. The van der Waals surface area contributed by atoms with Crippen molar-refractivity contribution >= 4 is 28.7 Å². The molecule has 0 fully saturated rings. The number of thiazole rings is 1. The number of ether oxygens (including phenoxy) is 1. The second-order valence-electron chi connectivity index (χ2n) is 6.43. The quantitative estimate of drug-likeness (QED) is 0.250. The van der Waals surface area contributed by atoms with Gasteiger partial charge in [-0.15, -0.1) is 11.3 Å². The highest BCUT2D eigenvalue weighted by molar-refractivity contribution is 7.14. The fraction of sp³-hybridized carbons (Fsp3) is 0.0417.